The highest BCUT2D eigenvalue weighted by Gasteiger charge is 2.48. The Hall–Kier alpha value is -0.640. The van der Waals surface area contributed by atoms with E-state index in [0.29, 0.717) is 23.6 Å². The van der Waals surface area contributed by atoms with Crippen molar-refractivity contribution in [2.24, 2.45) is 16.6 Å². The Bertz CT molecular complexity index is 491. The van der Waals surface area contributed by atoms with Gasteiger partial charge in [-0.3, -0.25) is 0 Å². The molecule has 0 saturated heterocycles. The minimum Gasteiger partial charge on any atom is -0.392 e. The van der Waals surface area contributed by atoms with Crippen LogP contribution in [0.5, 0.6) is 0 Å². The molecular weight excluding hydrogens is 277 g/mol. The summed E-state index contributed by atoms with van der Waals surface area (Å²) in [6.07, 6.45) is 2.69. The maximum Gasteiger partial charge on any atom is 0.126 e. The molecule has 0 spiro atoms. The van der Waals surface area contributed by atoms with Gasteiger partial charge in [0.2, 0.25) is 0 Å². The first-order valence-electron chi connectivity index (χ1n) is 7.13. The van der Waals surface area contributed by atoms with Crippen LogP contribution in [-0.4, -0.2) is 17.8 Å². The zero-order valence-corrected chi connectivity index (χ0v) is 12.9. The molecular formula is C16H23ClFNO. The van der Waals surface area contributed by atoms with Crippen molar-refractivity contribution in [2.75, 3.05) is 6.54 Å². The number of halogens is 2. The van der Waals surface area contributed by atoms with Gasteiger partial charge in [-0.1, -0.05) is 31.9 Å². The summed E-state index contributed by atoms with van der Waals surface area (Å²) in [5, 5.41) is 11.2. The molecule has 1 aliphatic carbocycles. The fourth-order valence-electron chi connectivity index (χ4n) is 3.53. The van der Waals surface area contributed by atoms with Crippen LogP contribution >= 0.6 is 11.6 Å². The first-order chi connectivity index (χ1) is 9.31. The normalized spacial score (nSPS) is 29.4. The first-order valence-corrected chi connectivity index (χ1v) is 7.51. The summed E-state index contributed by atoms with van der Waals surface area (Å²) < 4.78 is 14.0. The number of hydrogen-bond acceptors (Lipinski definition) is 2. The van der Waals surface area contributed by atoms with Crippen molar-refractivity contribution in [3.05, 3.63) is 34.6 Å². The number of hydrogen-bond donors (Lipinski definition) is 2. The molecule has 2 unspecified atom stereocenters. The topological polar surface area (TPSA) is 46.2 Å². The monoisotopic (exact) mass is 299 g/mol. The van der Waals surface area contributed by atoms with Crippen LogP contribution in [0.1, 0.15) is 38.7 Å². The molecule has 0 aliphatic heterocycles. The van der Waals surface area contributed by atoms with Crippen LogP contribution in [0.25, 0.3) is 0 Å². The predicted octanol–water partition coefficient (Wildman–Crippen LogP) is 3.54. The van der Waals surface area contributed by atoms with E-state index in [2.05, 4.69) is 13.8 Å². The van der Waals surface area contributed by atoms with Gasteiger partial charge in [-0.25, -0.2) is 4.39 Å². The molecule has 0 heterocycles. The Morgan fingerprint density at radius 1 is 1.40 bits per heavy atom. The molecule has 3 N–H and O–H groups in total. The van der Waals surface area contributed by atoms with Crippen molar-refractivity contribution >= 4 is 11.6 Å². The van der Waals surface area contributed by atoms with E-state index in [1.165, 1.54) is 12.1 Å². The van der Waals surface area contributed by atoms with Gasteiger partial charge in [0.05, 0.1) is 6.10 Å². The molecule has 1 aromatic carbocycles. The van der Waals surface area contributed by atoms with Crippen LogP contribution in [0.3, 0.4) is 0 Å². The van der Waals surface area contributed by atoms with Gasteiger partial charge in [-0.2, -0.15) is 0 Å². The standard InChI is InChI=1S/C16H23ClFNO/c1-15(2)6-3-7-16(10-19,14(15)20)9-11-8-12(17)4-5-13(11)18/h4-5,8,14,20H,3,6-7,9-10,19H2,1-2H3. The van der Waals surface area contributed by atoms with E-state index in [-0.39, 0.29) is 11.2 Å². The van der Waals surface area contributed by atoms with Crippen LogP contribution in [-0.2, 0) is 6.42 Å². The molecule has 0 bridgehead atoms. The highest BCUT2D eigenvalue weighted by molar-refractivity contribution is 6.30. The van der Waals surface area contributed by atoms with E-state index in [1.807, 2.05) is 0 Å². The van der Waals surface area contributed by atoms with Crippen LogP contribution < -0.4 is 5.73 Å². The molecule has 2 rings (SSSR count). The fraction of sp³-hybridized carbons (Fsp3) is 0.625. The summed E-state index contributed by atoms with van der Waals surface area (Å²) in [5.41, 5.74) is 5.86. The Balaban J connectivity index is 2.34. The van der Waals surface area contributed by atoms with Crippen LogP contribution in [0.4, 0.5) is 4.39 Å². The van der Waals surface area contributed by atoms with Crippen LogP contribution in [0.2, 0.25) is 5.02 Å². The maximum absolute atomic E-state index is 14.0. The molecule has 0 amide bonds. The smallest absolute Gasteiger partial charge is 0.126 e. The molecule has 0 radical (unpaired) electrons. The summed E-state index contributed by atoms with van der Waals surface area (Å²) in [5.74, 6) is -0.280. The molecule has 1 fully saturated rings. The van der Waals surface area contributed by atoms with Gasteiger partial charge in [0.25, 0.3) is 0 Å². The molecule has 1 saturated carbocycles. The van der Waals surface area contributed by atoms with Gasteiger partial charge in [-0.15, -0.1) is 0 Å². The van der Waals surface area contributed by atoms with Gasteiger partial charge >= 0.3 is 0 Å². The Morgan fingerprint density at radius 2 is 2.10 bits per heavy atom. The van der Waals surface area contributed by atoms with Gasteiger partial charge in [-0.05, 0) is 48.4 Å². The van der Waals surface area contributed by atoms with Crippen molar-refractivity contribution in [3.63, 3.8) is 0 Å². The quantitative estimate of drug-likeness (QED) is 0.897. The number of benzene rings is 1. The van der Waals surface area contributed by atoms with Crippen molar-refractivity contribution in [1.29, 1.82) is 0 Å². The van der Waals surface area contributed by atoms with Gasteiger partial charge < -0.3 is 10.8 Å². The van der Waals surface area contributed by atoms with Crippen molar-refractivity contribution in [3.8, 4) is 0 Å². The number of nitrogens with two attached hydrogens (primary N) is 1. The molecule has 1 aromatic rings. The molecule has 112 valence electrons. The number of aliphatic hydroxyl groups excluding tert-OH is 1. The van der Waals surface area contributed by atoms with E-state index in [9.17, 15) is 9.50 Å². The zero-order valence-electron chi connectivity index (χ0n) is 12.1. The Labute approximate surface area is 125 Å². The molecule has 2 nitrogen and oxygen atoms in total. The van der Waals surface area contributed by atoms with Crippen molar-refractivity contribution in [2.45, 2.75) is 45.6 Å². The van der Waals surface area contributed by atoms with Gasteiger partial charge in [0.1, 0.15) is 5.82 Å². The second-order valence-electron chi connectivity index (χ2n) is 6.72. The first kappa shape index (κ1) is 15.7. The lowest BCUT2D eigenvalue weighted by Crippen LogP contribution is -2.53. The Morgan fingerprint density at radius 3 is 2.75 bits per heavy atom. The zero-order chi connectivity index (χ0) is 15.0. The Kier molecular flexibility index (Phi) is 4.43. The van der Waals surface area contributed by atoms with E-state index in [1.54, 1.807) is 6.07 Å². The average Bonchev–Trinajstić information content (AvgIpc) is 2.39. The van der Waals surface area contributed by atoms with Crippen molar-refractivity contribution in [1.82, 2.24) is 0 Å². The molecule has 4 heteroatoms. The van der Waals surface area contributed by atoms with Crippen molar-refractivity contribution < 1.29 is 9.50 Å². The average molecular weight is 300 g/mol. The number of aliphatic hydroxyl groups is 1. The van der Waals surface area contributed by atoms with E-state index < -0.39 is 11.5 Å². The lowest BCUT2D eigenvalue weighted by Gasteiger charge is -2.49. The lowest BCUT2D eigenvalue weighted by atomic mass is 9.59. The summed E-state index contributed by atoms with van der Waals surface area (Å²) in [4.78, 5) is 0. The summed E-state index contributed by atoms with van der Waals surface area (Å²) in [7, 11) is 0. The molecule has 0 aromatic heterocycles. The molecule has 20 heavy (non-hydrogen) atoms. The van der Waals surface area contributed by atoms with E-state index in [0.717, 1.165) is 19.3 Å². The molecule has 2 atom stereocenters. The second kappa shape index (κ2) is 5.63. The second-order valence-corrected chi connectivity index (χ2v) is 7.16. The summed E-state index contributed by atoms with van der Waals surface area (Å²) >= 11 is 5.96. The third-order valence-corrected chi connectivity index (χ3v) is 5.01. The molecule has 1 aliphatic rings. The lowest BCUT2D eigenvalue weighted by molar-refractivity contribution is -0.0887. The highest BCUT2D eigenvalue weighted by atomic mass is 35.5. The van der Waals surface area contributed by atoms with Gasteiger partial charge in [0.15, 0.2) is 0 Å². The minimum atomic E-state index is -0.535. The fourth-order valence-corrected chi connectivity index (χ4v) is 3.72. The predicted molar refractivity (Wildman–Crippen MR) is 80.2 cm³/mol. The minimum absolute atomic E-state index is 0.188. The van der Waals surface area contributed by atoms with E-state index >= 15 is 0 Å². The largest absolute Gasteiger partial charge is 0.392 e. The summed E-state index contributed by atoms with van der Waals surface area (Å²) in [6.45, 7) is 4.45. The SMILES string of the molecule is CC1(C)CCCC(CN)(Cc2cc(Cl)ccc2F)C1O. The highest BCUT2D eigenvalue weighted by Crippen LogP contribution is 2.47. The number of rotatable bonds is 3. The van der Waals surface area contributed by atoms with E-state index in [4.69, 9.17) is 17.3 Å². The third kappa shape index (κ3) is 2.85. The van der Waals surface area contributed by atoms with Gasteiger partial charge in [0, 0.05) is 17.0 Å². The van der Waals surface area contributed by atoms with Crippen LogP contribution in [0, 0.1) is 16.6 Å². The summed E-state index contributed by atoms with van der Waals surface area (Å²) in [6, 6.07) is 4.56. The van der Waals surface area contributed by atoms with Crippen LogP contribution in [0.15, 0.2) is 18.2 Å². The third-order valence-electron chi connectivity index (χ3n) is 4.77. The maximum atomic E-state index is 14.0.